The summed E-state index contributed by atoms with van der Waals surface area (Å²) in [5.41, 5.74) is -0.0191. The van der Waals surface area contributed by atoms with E-state index in [1.807, 2.05) is 6.07 Å². The molecule has 0 aliphatic rings. The first-order valence-electron chi connectivity index (χ1n) is 6.31. The number of carboxylic acid groups (broad SMARTS) is 1. The molecule has 0 saturated heterocycles. The first-order chi connectivity index (χ1) is 9.95. The molecule has 0 radical (unpaired) electrons. The topological polar surface area (TPSA) is 92.2 Å². The minimum absolute atomic E-state index is 0.0114. The van der Waals surface area contributed by atoms with Crippen LogP contribution in [-0.2, 0) is 10.2 Å². The molecule has 0 aliphatic heterocycles. The molecule has 1 aromatic heterocycles. The largest absolute Gasteiger partial charge is 0.481 e. The number of benzene rings is 1. The number of amides is 1. The van der Waals surface area contributed by atoms with Crippen LogP contribution in [0.2, 0.25) is 0 Å². The van der Waals surface area contributed by atoms with Gasteiger partial charge in [0.1, 0.15) is 10.3 Å². The summed E-state index contributed by atoms with van der Waals surface area (Å²) in [6, 6.07) is 8.83. The molecule has 0 bridgehead atoms. The smallest absolute Gasteiger partial charge is 0.315 e. The maximum atomic E-state index is 12.1. The second-order valence-corrected chi connectivity index (χ2v) is 5.63. The molecular formula is C14H15N3O3S. The van der Waals surface area contributed by atoms with Gasteiger partial charge in [-0.25, -0.2) is 0 Å². The highest BCUT2D eigenvalue weighted by atomic mass is 32.1. The van der Waals surface area contributed by atoms with Crippen LogP contribution in [0.25, 0.3) is 0 Å². The van der Waals surface area contributed by atoms with Gasteiger partial charge in [-0.2, -0.15) is 0 Å². The van der Waals surface area contributed by atoms with Crippen LogP contribution >= 0.6 is 11.5 Å². The Morgan fingerprint density at radius 3 is 2.52 bits per heavy atom. The number of hydrogen-bond acceptors (Lipinski definition) is 5. The number of carbonyl (C=O) groups excluding carboxylic acids is 1. The normalized spacial score (nSPS) is 13.4. The minimum atomic E-state index is -1.19. The molecule has 1 atom stereocenters. The lowest BCUT2D eigenvalue weighted by atomic mass is 9.82. The van der Waals surface area contributed by atoms with E-state index in [0.29, 0.717) is 16.1 Å². The highest BCUT2D eigenvalue weighted by molar-refractivity contribution is 7.08. The van der Waals surface area contributed by atoms with Gasteiger partial charge in [0, 0.05) is 6.54 Å². The molecule has 0 saturated carbocycles. The molecule has 7 heteroatoms. The Balaban J connectivity index is 2.17. The number of nitrogens with one attached hydrogen (secondary N) is 1. The minimum Gasteiger partial charge on any atom is -0.481 e. The van der Waals surface area contributed by atoms with E-state index in [2.05, 4.69) is 14.9 Å². The fraction of sp³-hybridized carbons (Fsp3) is 0.286. The second-order valence-electron chi connectivity index (χ2n) is 4.87. The number of carbonyl (C=O) groups is 2. The van der Waals surface area contributed by atoms with Crippen LogP contribution < -0.4 is 5.32 Å². The zero-order valence-electron chi connectivity index (χ0n) is 11.7. The number of aromatic nitrogens is 2. The van der Waals surface area contributed by atoms with Crippen LogP contribution in [-0.4, -0.2) is 33.1 Å². The van der Waals surface area contributed by atoms with Crippen molar-refractivity contribution in [1.82, 2.24) is 14.9 Å². The number of aliphatic carboxylic acids is 1. The number of carboxylic acids is 1. The predicted octanol–water partition coefficient (Wildman–Crippen LogP) is 1.62. The van der Waals surface area contributed by atoms with Gasteiger partial charge in [-0.1, -0.05) is 34.8 Å². The van der Waals surface area contributed by atoms with Crippen LogP contribution in [0.3, 0.4) is 0 Å². The van der Waals surface area contributed by atoms with E-state index in [-0.39, 0.29) is 12.5 Å². The van der Waals surface area contributed by atoms with E-state index in [4.69, 9.17) is 0 Å². The molecule has 0 spiro atoms. The van der Waals surface area contributed by atoms with Crippen molar-refractivity contribution in [2.75, 3.05) is 6.54 Å². The highest BCUT2D eigenvalue weighted by Crippen LogP contribution is 2.23. The summed E-state index contributed by atoms with van der Waals surface area (Å²) in [5, 5.41) is 15.9. The highest BCUT2D eigenvalue weighted by Gasteiger charge is 2.35. The van der Waals surface area contributed by atoms with E-state index in [0.717, 1.165) is 11.5 Å². The molecule has 2 aromatic rings. The summed E-state index contributed by atoms with van der Waals surface area (Å²) in [6.45, 7) is 3.26. The SMILES string of the molecule is Cc1nnsc1C(=O)NCC(C)(C(=O)O)c1ccccc1. The maximum absolute atomic E-state index is 12.1. The monoisotopic (exact) mass is 305 g/mol. The molecule has 0 fully saturated rings. The molecule has 6 nitrogen and oxygen atoms in total. The van der Waals surface area contributed by atoms with Gasteiger partial charge >= 0.3 is 5.97 Å². The maximum Gasteiger partial charge on any atom is 0.315 e. The summed E-state index contributed by atoms with van der Waals surface area (Å²) >= 11 is 0.992. The summed E-state index contributed by atoms with van der Waals surface area (Å²) < 4.78 is 3.70. The molecule has 110 valence electrons. The lowest BCUT2D eigenvalue weighted by Gasteiger charge is -2.25. The van der Waals surface area contributed by atoms with Gasteiger partial charge in [-0.3, -0.25) is 9.59 Å². The van der Waals surface area contributed by atoms with Gasteiger partial charge in [-0.05, 0) is 30.9 Å². The zero-order chi connectivity index (χ0) is 15.5. The van der Waals surface area contributed by atoms with E-state index >= 15 is 0 Å². The second kappa shape index (κ2) is 6.01. The Morgan fingerprint density at radius 1 is 1.33 bits per heavy atom. The molecule has 0 aliphatic carbocycles. The summed E-state index contributed by atoms with van der Waals surface area (Å²) in [5.74, 6) is -1.35. The van der Waals surface area contributed by atoms with Crippen molar-refractivity contribution in [2.45, 2.75) is 19.3 Å². The van der Waals surface area contributed by atoms with Crippen molar-refractivity contribution in [1.29, 1.82) is 0 Å². The van der Waals surface area contributed by atoms with Crippen LogP contribution in [0.15, 0.2) is 30.3 Å². The van der Waals surface area contributed by atoms with Crippen molar-refractivity contribution < 1.29 is 14.7 Å². The molecular weight excluding hydrogens is 290 g/mol. The van der Waals surface area contributed by atoms with Crippen LogP contribution in [0, 0.1) is 6.92 Å². The third-order valence-electron chi connectivity index (χ3n) is 3.34. The summed E-state index contributed by atoms with van der Waals surface area (Å²) in [6.07, 6.45) is 0. The molecule has 2 rings (SSSR count). The fourth-order valence-corrected chi connectivity index (χ4v) is 2.46. The molecule has 2 N–H and O–H groups in total. The van der Waals surface area contributed by atoms with Gasteiger partial charge in [-0.15, -0.1) is 5.10 Å². The number of aryl methyl sites for hydroxylation is 1. The number of rotatable bonds is 5. The Kier molecular flexibility index (Phi) is 4.32. The Hall–Kier alpha value is -2.28. The molecule has 1 heterocycles. The van der Waals surface area contributed by atoms with E-state index < -0.39 is 11.4 Å². The van der Waals surface area contributed by atoms with Gasteiger partial charge in [0.05, 0.1) is 5.69 Å². The van der Waals surface area contributed by atoms with Crippen molar-refractivity contribution >= 4 is 23.4 Å². The van der Waals surface area contributed by atoms with Crippen molar-refractivity contribution in [3.05, 3.63) is 46.5 Å². The third kappa shape index (κ3) is 3.08. The first kappa shape index (κ1) is 15.1. The lowest BCUT2D eigenvalue weighted by Crippen LogP contribution is -2.44. The number of hydrogen-bond donors (Lipinski definition) is 2. The fourth-order valence-electron chi connectivity index (χ4n) is 1.88. The Morgan fingerprint density at radius 2 is 2.00 bits per heavy atom. The molecule has 1 amide bonds. The van der Waals surface area contributed by atoms with Gasteiger partial charge in [0.15, 0.2) is 0 Å². The van der Waals surface area contributed by atoms with Crippen molar-refractivity contribution in [3.63, 3.8) is 0 Å². The lowest BCUT2D eigenvalue weighted by molar-refractivity contribution is -0.142. The van der Waals surface area contributed by atoms with E-state index in [9.17, 15) is 14.7 Å². The average Bonchev–Trinajstić information content (AvgIpc) is 2.91. The molecule has 1 aromatic carbocycles. The van der Waals surface area contributed by atoms with Crippen LogP contribution in [0.1, 0.15) is 27.9 Å². The number of nitrogens with zero attached hydrogens (tertiary/aromatic N) is 2. The van der Waals surface area contributed by atoms with Crippen LogP contribution in [0.5, 0.6) is 0 Å². The zero-order valence-corrected chi connectivity index (χ0v) is 12.5. The standard InChI is InChI=1S/C14H15N3O3S/c1-9-11(21-17-16-9)12(18)15-8-14(2,13(19)20)10-6-4-3-5-7-10/h3-7H,8H2,1-2H3,(H,15,18)(H,19,20). The van der Waals surface area contributed by atoms with Gasteiger partial charge in [0.25, 0.3) is 5.91 Å². The summed E-state index contributed by atoms with van der Waals surface area (Å²) in [4.78, 5) is 24.1. The van der Waals surface area contributed by atoms with E-state index in [1.165, 1.54) is 0 Å². The van der Waals surface area contributed by atoms with Crippen molar-refractivity contribution in [2.24, 2.45) is 0 Å². The predicted molar refractivity (Wildman–Crippen MR) is 78.4 cm³/mol. The van der Waals surface area contributed by atoms with Gasteiger partial charge < -0.3 is 10.4 Å². The average molecular weight is 305 g/mol. The Labute approximate surface area is 126 Å². The Bertz CT molecular complexity index is 656. The van der Waals surface area contributed by atoms with Crippen LogP contribution in [0.4, 0.5) is 0 Å². The first-order valence-corrected chi connectivity index (χ1v) is 7.08. The van der Waals surface area contributed by atoms with Gasteiger partial charge in [0.2, 0.25) is 0 Å². The third-order valence-corrected chi connectivity index (χ3v) is 4.17. The van der Waals surface area contributed by atoms with E-state index in [1.54, 1.807) is 38.1 Å². The molecule has 1 unspecified atom stereocenters. The summed E-state index contributed by atoms with van der Waals surface area (Å²) in [7, 11) is 0. The quantitative estimate of drug-likeness (QED) is 0.875. The molecule has 21 heavy (non-hydrogen) atoms. The van der Waals surface area contributed by atoms with Crippen molar-refractivity contribution in [3.8, 4) is 0 Å².